The van der Waals surface area contributed by atoms with Crippen molar-refractivity contribution in [3.8, 4) is 0 Å². The van der Waals surface area contributed by atoms with Gasteiger partial charge in [0.1, 0.15) is 10.3 Å². The van der Waals surface area contributed by atoms with Crippen LogP contribution >= 0.6 is 11.3 Å². The van der Waals surface area contributed by atoms with E-state index in [4.69, 9.17) is 10.6 Å². The Bertz CT molecular complexity index is 732. The highest BCUT2D eigenvalue weighted by Crippen LogP contribution is 2.32. The maximum absolute atomic E-state index is 12.7. The van der Waals surface area contributed by atoms with Crippen LogP contribution < -0.4 is 16.7 Å². The lowest BCUT2D eigenvalue weighted by Crippen LogP contribution is -2.34. The minimum atomic E-state index is -0.297. The second kappa shape index (κ2) is 4.54. The van der Waals surface area contributed by atoms with Crippen LogP contribution in [0.5, 0.6) is 0 Å². The Morgan fingerprint density at radius 3 is 2.95 bits per heavy atom. The van der Waals surface area contributed by atoms with Gasteiger partial charge in [0.05, 0.1) is 12.2 Å². The molecule has 0 fully saturated rings. The Hall–Kier alpha value is -1.44. The van der Waals surface area contributed by atoms with Crippen LogP contribution in [0.25, 0.3) is 10.3 Å². The van der Waals surface area contributed by atoms with Crippen molar-refractivity contribution in [2.45, 2.75) is 45.9 Å². The van der Waals surface area contributed by atoms with Gasteiger partial charge in [-0.15, -0.1) is 11.3 Å². The predicted octanol–water partition coefficient (Wildman–Crippen LogP) is 1.61. The van der Waals surface area contributed by atoms with Crippen LogP contribution in [0.4, 0.5) is 5.95 Å². The van der Waals surface area contributed by atoms with Crippen LogP contribution in [0, 0.1) is 0 Å². The molecule has 1 aliphatic rings. The number of hydrogen-bond donors (Lipinski definition) is 2. The Morgan fingerprint density at radius 2 is 2.30 bits per heavy atom. The van der Waals surface area contributed by atoms with Gasteiger partial charge in [-0.3, -0.25) is 10.2 Å². The van der Waals surface area contributed by atoms with E-state index in [-0.39, 0.29) is 11.0 Å². The summed E-state index contributed by atoms with van der Waals surface area (Å²) in [7, 11) is 0. The first kappa shape index (κ1) is 13.5. The molecule has 3 N–H and O–H groups in total. The largest absolute Gasteiger partial charge is 0.370 e. The fourth-order valence-corrected chi connectivity index (χ4v) is 3.77. The third-order valence-corrected chi connectivity index (χ3v) is 4.83. The lowest BCUT2D eigenvalue weighted by Gasteiger charge is -2.30. The summed E-state index contributed by atoms with van der Waals surface area (Å²) < 4.78 is 7.72. The fraction of sp³-hybridized carbons (Fsp3) is 0.538. The van der Waals surface area contributed by atoms with E-state index in [0.717, 1.165) is 15.3 Å². The number of hydrogen-bond acceptors (Lipinski definition) is 6. The minimum Gasteiger partial charge on any atom is -0.370 e. The number of anilines is 1. The normalized spacial score (nSPS) is 17.2. The van der Waals surface area contributed by atoms with Crippen LogP contribution in [0.15, 0.2) is 4.79 Å². The van der Waals surface area contributed by atoms with Crippen LogP contribution in [0.2, 0.25) is 0 Å². The van der Waals surface area contributed by atoms with Crippen LogP contribution in [-0.4, -0.2) is 15.2 Å². The summed E-state index contributed by atoms with van der Waals surface area (Å²) >= 11 is 1.57. The van der Waals surface area contributed by atoms with Gasteiger partial charge in [-0.2, -0.15) is 0 Å². The Kier molecular flexibility index (Phi) is 3.07. The van der Waals surface area contributed by atoms with E-state index in [1.54, 1.807) is 11.3 Å². The van der Waals surface area contributed by atoms with E-state index in [0.29, 0.717) is 31.0 Å². The molecule has 0 amide bonds. The molecule has 0 spiro atoms. The molecule has 108 valence electrons. The van der Waals surface area contributed by atoms with Gasteiger partial charge >= 0.3 is 0 Å². The summed E-state index contributed by atoms with van der Waals surface area (Å²) in [6.07, 6.45) is 0.623. The van der Waals surface area contributed by atoms with Crippen LogP contribution in [0.1, 0.15) is 31.2 Å². The molecule has 0 saturated carbocycles. The van der Waals surface area contributed by atoms with Crippen molar-refractivity contribution in [1.82, 2.24) is 9.55 Å². The topological polar surface area (TPSA) is 82.2 Å². The van der Waals surface area contributed by atoms with Crippen LogP contribution in [-0.2, 0) is 24.3 Å². The molecule has 6 nitrogen and oxygen atoms in total. The van der Waals surface area contributed by atoms with Crippen molar-refractivity contribution in [1.29, 1.82) is 0 Å². The summed E-state index contributed by atoms with van der Waals surface area (Å²) in [6, 6.07) is 0. The number of aryl methyl sites for hydroxylation is 1. The molecule has 0 aliphatic carbocycles. The van der Waals surface area contributed by atoms with E-state index in [1.165, 1.54) is 0 Å². The number of rotatable bonds is 2. The summed E-state index contributed by atoms with van der Waals surface area (Å²) in [4.78, 5) is 18.9. The predicted molar refractivity (Wildman–Crippen MR) is 79.9 cm³/mol. The number of fused-ring (bicyclic) bond motifs is 2. The summed E-state index contributed by atoms with van der Waals surface area (Å²) in [5.41, 5.74) is 3.61. The first-order chi connectivity index (χ1) is 9.46. The highest BCUT2D eigenvalue weighted by molar-refractivity contribution is 7.18. The zero-order valence-electron chi connectivity index (χ0n) is 11.8. The van der Waals surface area contributed by atoms with E-state index < -0.39 is 0 Å². The highest BCUT2D eigenvalue weighted by Gasteiger charge is 2.30. The van der Waals surface area contributed by atoms with Crippen molar-refractivity contribution in [2.75, 3.05) is 5.43 Å². The molecular weight excluding hydrogens is 276 g/mol. The smallest absolute Gasteiger partial charge is 0.219 e. The molecule has 1 aliphatic heterocycles. The van der Waals surface area contributed by atoms with Gasteiger partial charge in [0, 0.05) is 23.4 Å². The Morgan fingerprint density at radius 1 is 1.55 bits per heavy atom. The summed E-state index contributed by atoms with van der Waals surface area (Å²) in [6.45, 7) is 7.19. The average molecular weight is 294 g/mol. The van der Waals surface area contributed by atoms with Crippen molar-refractivity contribution in [3.63, 3.8) is 0 Å². The number of aromatic nitrogens is 2. The monoisotopic (exact) mass is 294 g/mol. The molecular formula is C13H18N4O2S. The zero-order valence-corrected chi connectivity index (χ0v) is 12.6. The molecule has 3 heterocycles. The lowest BCUT2D eigenvalue weighted by atomic mass is 9.96. The first-order valence-corrected chi connectivity index (χ1v) is 7.44. The molecule has 0 atom stereocenters. The van der Waals surface area contributed by atoms with Gasteiger partial charge in [-0.25, -0.2) is 10.8 Å². The van der Waals surface area contributed by atoms with Gasteiger partial charge in [0.2, 0.25) is 11.4 Å². The molecule has 3 rings (SSSR count). The SMILES string of the molecule is CCn1c(NN)nc2c(=O)c3c(sc21)COC(C)(C)C3. The van der Waals surface area contributed by atoms with Crippen LogP contribution in [0.3, 0.4) is 0 Å². The maximum Gasteiger partial charge on any atom is 0.219 e. The number of nitrogens with zero attached hydrogens (tertiary/aromatic N) is 2. The second-order valence-corrected chi connectivity index (χ2v) is 6.62. The molecule has 20 heavy (non-hydrogen) atoms. The van der Waals surface area contributed by atoms with E-state index in [1.807, 2.05) is 25.3 Å². The van der Waals surface area contributed by atoms with Gasteiger partial charge in [-0.1, -0.05) is 0 Å². The molecule has 0 aromatic carbocycles. The Balaban J connectivity index is 2.30. The van der Waals surface area contributed by atoms with Gasteiger partial charge in [-0.05, 0) is 20.8 Å². The first-order valence-electron chi connectivity index (χ1n) is 6.62. The maximum atomic E-state index is 12.7. The number of imidazole rings is 1. The fourth-order valence-electron chi connectivity index (χ4n) is 2.57. The molecule has 2 aromatic heterocycles. The molecule has 0 radical (unpaired) electrons. The molecule has 0 unspecified atom stereocenters. The van der Waals surface area contributed by atoms with Gasteiger partial charge in [0.15, 0.2) is 0 Å². The minimum absolute atomic E-state index is 0.00817. The van der Waals surface area contributed by atoms with E-state index >= 15 is 0 Å². The van der Waals surface area contributed by atoms with E-state index in [2.05, 4.69) is 10.4 Å². The van der Waals surface area contributed by atoms with Crippen molar-refractivity contribution >= 4 is 27.6 Å². The second-order valence-electron chi connectivity index (χ2n) is 5.54. The number of nitrogens with two attached hydrogens (primary N) is 1. The zero-order chi connectivity index (χ0) is 14.5. The quantitative estimate of drug-likeness (QED) is 0.649. The molecule has 2 aromatic rings. The average Bonchev–Trinajstić information content (AvgIpc) is 2.77. The van der Waals surface area contributed by atoms with E-state index in [9.17, 15) is 4.79 Å². The lowest BCUT2D eigenvalue weighted by molar-refractivity contribution is -0.0386. The number of hydrazine groups is 1. The standard InChI is InChI=1S/C13H18N4O2S/c1-4-17-11-9(15-12(17)16-14)10(18)7-5-13(2,3)19-6-8(7)20-11/h4-6,14H2,1-3H3,(H,15,16). The number of ether oxygens (including phenoxy) is 1. The van der Waals surface area contributed by atoms with Crippen molar-refractivity contribution in [3.05, 3.63) is 20.7 Å². The third kappa shape index (κ3) is 1.93. The van der Waals surface area contributed by atoms with Crippen molar-refractivity contribution < 1.29 is 4.74 Å². The molecule has 0 bridgehead atoms. The third-order valence-electron chi connectivity index (χ3n) is 3.61. The van der Waals surface area contributed by atoms with Gasteiger partial charge < -0.3 is 9.30 Å². The molecule has 0 saturated heterocycles. The summed E-state index contributed by atoms with van der Waals surface area (Å²) in [5.74, 6) is 6.01. The summed E-state index contributed by atoms with van der Waals surface area (Å²) in [5, 5.41) is 0. The van der Waals surface area contributed by atoms with Crippen molar-refractivity contribution in [2.24, 2.45) is 5.84 Å². The highest BCUT2D eigenvalue weighted by atomic mass is 32.1. The van der Waals surface area contributed by atoms with Gasteiger partial charge in [0.25, 0.3) is 0 Å². The number of nitrogen functional groups attached to an aromatic ring is 1. The Labute approximate surface area is 120 Å². The molecule has 7 heteroatoms. The number of nitrogens with one attached hydrogen (secondary N) is 1.